The number of ether oxygens (including phenoxy) is 2. The average molecular weight is 703 g/mol. The number of likely N-dealkylation sites (tertiary alicyclic amines) is 1. The number of rotatable bonds is 3. The summed E-state index contributed by atoms with van der Waals surface area (Å²) in [5, 5.41) is 20.9. The number of amides is 2. The fourth-order valence-electron chi connectivity index (χ4n) is 4.35. The molecule has 2 aromatic carbocycles. The molecule has 0 radical (unpaired) electrons. The molecule has 0 atom stereocenters. The van der Waals surface area contributed by atoms with Crippen molar-refractivity contribution in [2.45, 2.75) is 72.0 Å². The lowest BCUT2D eigenvalue weighted by Crippen LogP contribution is -2.50. The number of carbonyl (C=O) groups excluding carboxylic acids is 2. The number of piperazine rings is 1. The highest BCUT2D eigenvalue weighted by Gasteiger charge is 2.27. The second kappa shape index (κ2) is 17.3. The Bertz CT molecular complexity index is 1400. The number of hydrogen-bond acceptors (Lipinski definition) is 9. The highest BCUT2D eigenvalue weighted by Crippen LogP contribution is 2.30. The third-order valence-electron chi connectivity index (χ3n) is 6.54. The molecular formula is C31H42Cl2FN5O8. The minimum atomic E-state index is -0.665. The summed E-state index contributed by atoms with van der Waals surface area (Å²) in [4.78, 5) is 48.8. The Morgan fingerprint density at radius 1 is 0.702 bits per heavy atom. The molecule has 2 aliphatic rings. The molecule has 0 aromatic heterocycles. The number of nitro groups is 2. The van der Waals surface area contributed by atoms with Crippen molar-refractivity contribution in [3.63, 3.8) is 0 Å². The average Bonchev–Trinajstić information content (AvgIpc) is 2.96. The Morgan fingerprint density at radius 2 is 1.13 bits per heavy atom. The molecule has 2 aromatic rings. The van der Waals surface area contributed by atoms with Gasteiger partial charge in [0.15, 0.2) is 0 Å². The van der Waals surface area contributed by atoms with Gasteiger partial charge in [-0.1, -0.05) is 23.2 Å². The van der Waals surface area contributed by atoms with Gasteiger partial charge in [0, 0.05) is 57.1 Å². The molecular weight excluding hydrogens is 660 g/mol. The predicted molar refractivity (Wildman–Crippen MR) is 178 cm³/mol. The Kier molecular flexibility index (Phi) is 14.5. The zero-order chi connectivity index (χ0) is 35.5. The number of benzene rings is 2. The van der Waals surface area contributed by atoms with Gasteiger partial charge in [0.2, 0.25) is 0 Å². The summed E-state index contributed by atoms with van der Waals surface area (Å²) in [7, 11) is 0. The quantitative estimate of drug-likeness (QED) is 0.228. The maximum absolute atomic E-state index is 12.3. The lowest BCUT2D eigenvalue weighted by Gasteiger charge is -2.36. The van der Waals surface area contributed by atoms with Crippen molar-refractivity contribution in [3.05, 3.63) is 72.5 Å². The highest BCUT2D eigenvalue weighted by atomic mass is 35.5. The normalized spacial score (nSPS) is 15.0. The summed E-state index contributed by atoms with van der Waals surface area (Å²) in [5.74, 6) is -0.583. The van der Waals surface area contributed by atoms with Gasteiger partial charge in [-0.05, 0) is 85.1 Å². The van der Waals surface area contributed by atoms with E-state index in [1.807, 2.05) is 46.4 Å². The number of nitro benzene ring substituents is 2. The van der Waals surface area contributed by atoms with Gasteiger partial charge in [0.05, 0.1) is 9.85 Å². The van der Waals surface area contributed by atoms with Gasteiger partial charge < -0.3 is 24.2 Å². The molecule has 0 bridgehead atoms. The van der Waals surface area contributed by atoms with E-state index in [0.29, 0.717) is 26.2 Å². The van der Waals surface area contributed by atoms with Gasteiger partial charge >= 0.3 is 12.2 Å². The largest absolute Gasteiger partial charge is 0.444 e. The van der Waals surface area contributed by atoms with E-state index >= 15 is 0 Å². The molecule has 13 nitrogen and oxygen atoms in total. The summed E-state index contributed by atoms with van der Waals surface area (Å²) in [6.45, 7) is 15.2. The van der Waals surface area contributed by atoms with E-state index < -0.39 is 21.3 Å². The van der Waals surface area contributed by atoms with Crippen LogP contribution in [0.2, 0.25) is 10.0 Å². The van der Waals surface area contributed by atoms with Crippen LogP contribution in [0.15, 0.2) is 36.4 Å². The molecule has 2 saturated heterocycles. The molecule has 2 heterocycles. The molecule has 0 unspecified atom stereocenters. The van der Waals surface area contributed by atoms with E-state index in [4.69, 9.17) is 32.7 Å². The van der Waals surface area contributed by atoms with Crippen LogP contribution < -0.4 is 4.90 Å². The molecule has 260 valence electrons. The molecule has 0 N–H and O–H groups in total. The van der Waals surface area contributed by atoms with Gasteiger partial charge in [0.1, 0.15) is 27.1 Å². The van der Waals surface area contributed by atoms with Crippen molar-refractivity contribution in [1.82, 2.24) is 9.80 Å². The maximum atomic E-state index is 12.3. The van der Waals surface area contributed by atoms with Gasteiger partial charge in [-0.25, -0.2) is 14.0 Å². The van der Waals surface area contributed by atoms with Crippen molar-refractivity contribution in [3.8, 4) is 0 Å². The van der Waals surface area contributed by atoms with Crippen molar-refractivity contribution < 1.29 is 33.3 Å². The van der Waals surface area contributed by atoms with E-state index in [0.717, 1.165) is 49.8 Å². The number of piperidine rings is 1. The monoisotopic (exact) mass is 701 g/mol. The lowest BCUT2D eigenvalue weighted by molar-refractivity contribution is -0.384. The summed E-state index contributed by atoms with van der Waals surface area (Å²) in [5.41, 5.74) is -0.463. The van der Waals surface area contributed by atoms with E-state index in [2.05, 4.69) is 0 Å². The second-order valence-electron chi connectivity index (χ2n) is 12.7. The Labute approximate surface area is 283 Å². The van der Waals surface area contributed by atoms with E-state index in [-0.39, 0.29) is 39.2 Å². The van der Waals surface area contributed by atoms with Crippen LogP contribution in [0.5, 0.6) is 0 Å². The van der Waals surface area contributed by atoms with Gasteiger partial charge in [-0.15, -0.1) is 0 Å². The minimum Gasteiger partial charge on any atom is -0.444 e. The van der Waals surface area contributed by atoms with Crippen molar-refractivity contribution >= 4 is 52.5 Å². The predicted octanol–water partition coefficient (Wildman–Crippen LogP) is 8.10. The number of halogens is 3. The first kappa shape index (κ1) is 39.3. The van der Waals surface area contributed by atoms with Crippen molar-refractivity contribution in [2.24, 2.45) is 0 Å². The smallest absolute Gasteiger partial charge is 0.410 e. The standard InChI is InChI=1S/C15H20ClN3O4.C10H19NO2.C6H3ClFNO2/c1-15(2,3)23-14(20)18-8-6-17(7-9-18)11-4-5-13(19(21)22)12(16)10-11;1-10(2,3)13-9(12)11-7-5-4-6-8-11;7-5-3-4(8)1-2-6(5)9(10)11/h4-5,10H,6-9H2,1-3H3;4-8H2,1-3H3;1-3H. The summed E-state index contributed by atoms with van der Waals surface area (Å²) >= 11 is 11.3. The summed E-state index contributed by atoms with van der Waals surface area (Å²) in [6, 6.07) is 7.58. The van der Waals surface area contributed by atoms with Crippen LogP contribution in [-0.2, 0) is 9.47 Å². The highest BCUT2D eigenvalue weighted by molar-refractivity contribution is 6.33. The molecule has 0 saturated carbocycles. The first-order valence-electron chi connectivity index (χ1n) is 15.0. The van der Waals surface area contributed by atoms with Crippen LogP contribution in [0.4, 0.5) is 31.0 Å². The van der Waals surface area contributed by atoms with Crippen LogP contribution >= 0.6 is 23.2 Å². The van der Waals surface area contributed by atoms with Crippen LogP contribution in [-0.4, -0.2) is 82.3 Å². The Hall–Kier alpha value is -3.91. The number of hydrogen-bond donors (Lipinski definition) is 0. The molecule has 2 fully saturated rings. The number of carbonyl (C=O) groups is 2. The van der Waals surface area contributed by atoms with Crippen LogP contribution in [0, 0.1) is 26.0 Å². The number of nitrogens with zero attached hydrogens (tertiary/aromatic N) is 5. The molecule has 16 heteroatoms. The molecule has 0 spiro atoms. The molecule has 0 aliphatic carbocycles. The van der Waals surface area contributed by atoms with Gasteiger partial charge in [0.25, 0.3) is 11.4 Å². The van der Waals surface area contributed by atoms with Gasteiger partial charge in [-0.3, -0.25) is 20.2 Å². The Balaban J connectivity index is 0.000000270. The first-order valence-corrected chi connectivity index (χ1v) is 15.8. The van der Waals surface area contributed by atoms with Crippen LogP contribution in [0.3, 0.4) is 0 Å². The molecule has 47 heavy (non-hydrogen) atoms. The summed E-state index contributed by atoms with van der Waals surface area (Å²) < 4.78 is 22.9. The fraction of sp³-hybridized carbons (Fsp3) is 0.548. The summed E-state index contributed by atoms with van der Waals surface area (Å²) in [6.07, 6.45) is 2.98. The van der Waals surface area contributed by atoms with Crippen LogP contribution in [0.25, 0.3) is 0 Å². The van der Waals surface area contributed by atoms with Gasteiger partial charge in [-0.2, -0.15) is 0 Å². The van der Waals surface area contributed by atoms with Crippen molar-refractivity contribution in [2.75, 3.05) is 44.2 Å². The first-order chi connectivity index (χ1) is 21.8. The van der Waals surface area contributed by atoms with Crippen molar-refractivity contribution in [1.29, 1.82) is 0 Å². The third-order valence-corrected chi connectivity index (χ3v) is 7.14. The lowest BCUT2D eigenvalue weighted by atomic mass is 10.1. The number of anilines is 1. The second-order valence-corrected chi connectivity index (χ2v) is 13.5. The van der Waals surface area contributed by atoms with Crippen LogP contribution in [0.1, 0.15) is 60.8 Å². The Morgan fingerprint density at radius 3 is 1.53 bits per heavy atom. The maximum Gasteiger partial charge on any atom is 0.410 e. The third kappa shape index (κ3) is 13.8. The topological polar surface area (TPSA) is 149 Å². The molecule has 2 aliphatic heterocycles. The zero-order valence-electron chi connectivity index (χ0n) is 27.5. The molecule has 4 rings (SSSR count). The fourth-order valence-corrected chi connectivity index (χ4v) is 4.83. The van der Waals surface area contributed by atoms with E-state index in [1.165, 1.54) is 12.5 Å². The molecule has 2 amide bonds. The zero-order valence-corrected chi connectivity index (χ0v) is 29.0. The van der Waals surface area contributed by atoms with E-state index in [1.54, 1.807) is 21.9 Å². The SMILES string of the molecule is CC(C)(C)OC(=O)N1CCCCC1.CC(C)(C)OC(=O)N1CCN(c2ccc([N+](=O)[O-])c(Cl)c2)CC1.O=[N+]([O-])c1ccc(F)cc1Cl. The minimum absolute atomic E-state index is 0.109. The van der Waals surface area contributed by atoms with E-state index in [9.17, 15) is 34.2 Å².